The third-order valence-electron chi connectivity index (χ3n) is 3.24. The average molecular weight is 297 g/mol. The van der Waals surface area contributed by atoms with Gasteiger partial charge in [-0.1, -0.05) is 30.3 Å². The summed E-state index contributed by atoms with van der Waals surface area (Å²) < 4.78 is 0. The van der Waals surface area contributed by atoms with E-state index in [1.165, 1.54) is 4.90 Å². The molecule has 0 unspecified atom stereocenters. The standard InChI is InChI=1S/C17H19N3O2/c1-3-20(12-14-7-5-4-6-8-14)17(22)16(21)19-15-11-13(2)9-10-18-15/h4-11H,3,12H2,1-2H3,(H,18,19,21). The van der Waals surface area contributed by atoms with Crippen molar-refractivity contribution < 1.29 is 9.59 Å². The topological polar surface area (TPSA) is 62.3 Å². The van der Waals surface area contributed by atoms with Crippen LogP contribution in [0.25, 0.3) is 0 Å². The average Bonchev–Trinajstić information content (AvgIpc) is 2.53. The number of carbonyl (C=O) groups is 2. The van der Waals surface area contributed by atoms with Crippen LogP contribution in [0.4, 0.5) is 5.82 Å². The smallest absolute Gasteiger partial charge is 0.315 e. The van der Waals surface area contributed by atoms with Crippen LogP contribution in [-0.2, 0) is 16.1 Å². The van der Waals surface area contributed by atoms with Gasteiger partial charge >= 0.3 is 11.8 Å². The summed E-state index contributed by atoms with van der Waals surface area (Å²) in [7, 11) is 0. The molecule has 1 aromatic heterocycles. The van der Waals surface area contributed by atoms with Gasteiger partial charge in [0.25, 0.3) is 0 Å². The highest BCUT2D eigenvalue weighted by atomic mass is 16.2. The van der Waals surface area contributed by atoms with Crippen molar-refractivity contribution in [3.8, 4) is 0 Å². The van der Waals surface area contributed by atoms with Crippen LogP contribution in [0, 0.1) is 6.92 Å². The zero-order chi connectivity index (χ0) is 15.9. The van der Waals surface area contributed by atoms with Gasteiger partial charge in [-0.2, -0.15) is 0 Å². The second-order valence-corrected chi connectivity index (χ2v) is 4.98. The van der Waals surface area contributed by atoms with E-state index in [1.54, 1.807) is 12.3 Å². The quantitative estimate of drug-likeness (QED) is 0.881. The number of aryl methyl sites for hydroxylation is 1. The molecule has 0 aliphatic rings. The normalized spacial score (nSPS) is 10.1. The highest BCUT2D eigenvalue weighted by molar-refractivity contribution is 6.39. The van der Waals surface area contributed by atoms with Crippen LogP contribution in [0.15, 0.2) is 48.7 Å². The van der Waals surface area contributed by atoms with Crippen molar-refractivity contribution in [2.75, 3.05) is 11.9 Å². The van der Waals surface area contributed by atoms with Crippen molar-refractivity contribution in [3.05, 3.63) is 59.8 Å². The Morgan fingerprint density at radius 3 is 2.55 bits per heavy atom. The molecule has 1 aromatic carbocycles. The van der Waals surface area contributed by atoms with Crippen LogP contribution in [0.5, 0.6) is 0 Å². The van der Waals surface area contributed by atoms with Gasteiger partial charge in [0.2, 0.25) is 0 Å². The summed E-state index contributed by atoms with van der Waals surface area (Å²) in [6.07, 6.45) is 1.59. The molecule has 5 heteroatoms. The number of hydrogen-bond donors (Lipinski definition) is 1. The molecule has 5 nitrogen and oxygen atoms in total. The van der Waals surface area contributed by atoms with Gasteiger partial charge < -0.3 is 10.2 Å². The lowest BCUT2D eigenvalue weighted by Gasteiger charge is -2.20. The molecular formula is C17H19N3O2. The number of carbonyl (C=O) groups excluding carboxylic acids is 2. The SMILES string of the molecule is CCN(Cc1ccccc1)C(=O)C(=O)Nc1cc(C)ccn1. The Kier molecular flexibility index (Phi) is 5.25. The molecule has 1 N–H and O–H groups in total. The summed E-state index contributed by atoms with van der Waals surface area (Å²) in [6, 6.07) is 13.1. The zero-order valence-electron chi connectivity index (χ0n) is 12.7. The molecule has 0 radical (unpaired) electrons. The molecule has 0 aliphatic carbocycles. The Hall–Kier alpha value is -2.69. The van der Waals surface area contributed by atoms with E-state index in [0.29, 0.717) is 18.9 Å². The maximum absolute atomic E-state index is 12.3. The molecule has 0 aliphatic heterocycles. The number of benzene rings is 1. The summed E-state index contributed by atoms with van der Waals surface area (Å²) in [5, 5.41) is 2.54. The lowest BCUT2D eigenvalue weighted by molar-refractivity contribution is -0.143. The van der Waals surface area contributed by atoms with Crippen LogP contribution >= 0.6 is 0 Å². The van der Waals surface area contributed by atoms with E-state index in [1.807, 2.05) is 50.2 Å². The van der Waals surface area contributed by atoms with Crippen molar-refractivity contribution in [3.63, 3.8) is 0 Å². The number of rotatable bonds is 4. The maximum Gasteiger partial charge on any atom is 0.315 e. The van der Waals surface area contributed by atoms with Gasteiger partial charge in [-0.15, -0.1) is 0 Å². The molecule has 1 heterocycles. The molecule has 114 valence electrons. The number of amides is 2. The van der Waals surface area contributed by atoms with Gasteiger partial charge in [0, 0.05) is 19.3 Å². The van der Waals surface area contributed by atoms with Gasteiger partial charge in [-0.3, -0.25) is 9.59 Å². The van der Waals surface area contributed by atoms with Crippen molar-refractivity contribution in [2.24, 2.45) is 0 Å². The predicted molar refractivity (Wildman–Crippen MR) is 85.1 cm³/mol. The Bertz CT molecular complexity index is 656. The number of nitrogens with zero attached hydrogens (tertiary/aromatic N) is 2. The van der Waals surface area contributed by atoms with E-state index < -0.39 is 11.8 Å². The number of nitrogens with one attached hydrogen (secondary N) is 1. The summed E-state index contributed by atoms with van der Waals surface area (Å²) in [6.45, 7) is 4.61. The molecule has 0 fully saturated rings. The first-order chi connectivity index (χ1) is 10.6. The minimum atomic E-state index is -0.670. The van der Waals surface area contributed by atoms with Crippen LogP contribution in [0.2, 0.25) is 0 Å². The first-order valence-corrected chi connectivity index (χ1v) is 7.17. The van der Waals surface area contributed by atoms with E-state index in [0.717, 1.165) is 11.1 Å². The fraction of sp³-hybridized carbons (Fsp3) is 0.235. The second-order valence-electron chi connectivity index (χ2n) is 4.98. The minimum absolute atomic E-state index is 0.383. The summed E-state index contributed by atoms with van der Waals surface area (Å²) in [5.74, 6) is -0.848. The minimum Gasteiger partial charge on any atom is -0.330 e. The van der Waals surface area contributed by atoms with Crippen molar-refractivity contribution in [1.82, 2.24) is 9.88 Å². The Morgan fingerprint density at radius 2 is 1.91 bits per heavy atom. The molecular weight excluding hydrogens is 278 g/mol. The highest BCUT2D eigenvalue weighted by Crippen LogP contribution is 2.08. The van der Waals surface area contributed by atoms with Crippen LogP contribution in [0.3, 0.4) is 0 Å². The number of pyridine rings is 1. The number of anilines is 1. The fourth-order valence-corrected chi connectivity index (χ4v) is 2.05. The lowest BCUT2D eigenvalue weighted by atomic mass is 10.2. The third-order valence-corrected chi connectivity index (χ3v) is 3.24. The van der Waals surface area contributed by atoms with Gasteiger partial charge in [-0.25, -0.2) is 4.98 Å². The molecule has 2 rings (SSSR count). The molecule has 0 spiro atoms. The zero-order valence-corrected chi connectivity index (χ0v) is 12.7. The molecule has 22 heavy (non-hydrogen) atoms. The van der Waals surface area contributed by atoms with E-state index in [4.69, 9.17) is 0 Å². The van der Waals surface area contributed by atoms with E-state index in [-0.39, 0.29) is 0 Å². The summed E-state index contributed by atoms with van der Waals surface area (Å²) in [5.41, 5.74) is 1.95. The first kappa shape index (κ1) is 15.7. The van der Waals surface area contributed by atoms with Crippen LogP contribution in [0.1, 0.15) is 18.1 Å². The summed E-state index contributed by atoms with van der Waals surface area (Å²) >= 11 is 0. The summed E-state index contributed by atoms with van der Waals surface area (Å²) in [4.78, 5) is 29.9. The fourth-order valence-electron chi connectivity index (χ4n) is 2.05. The Labute approximate surface area is 130 Å². The first-order valence-electron chi connectivity index (χ1n) is 7.17. The van der Waals surface area contributed by atoms with Crippen molar-refractivity contribution >= 4 is 17.6 Å². The second kappa shape index (κ2) is 7.36. The number of aromatic nitrogens is 1. The Balaban J connectivity index is 2.03. The van der Waals surface area contributed by atoms with Gasteiger partial charge in [0.05, 0.1) is 0 Å². The van der Waals surface area contributed by atoms with E-state index in [9.17, 15) is 9.59 Å². The number of hydrogen-bond acceptors (Lipinski definition) is 3. The molecule has 2 aromatic rings. The third kappa shape index (κ3) is 4.15. The van der Waals surface area contributed by atoms with Crippen LogP contribution in [-0.4, -0.2) is 28.2 Å². The van der Waals surface area contributed by atoms with Crippen molar-refractivity contribution in [1.29, 1.82) is 0 Å². The lowest BCUT2D eigenvalue weighted by Crippen LogP contribution is -2.39. The predicted octanol–water partition coefficient (Wildman–Crippen LogP) is 2.38. The van der Waals surface area contributed by atoms with Crippen LogP contribution < -0.4 is 5.32 Å². The monoisotopic (exact) mass is 297 g/mol. The molecule has 0 atom stereocenters. The molecule has 2 amide bonds. The highest BCUT2D eigenvalue weighted by Gasteiger charge is 2.21. The Morgan fingerprint density at radius 1 is 1.18 bits per heavy atom. The number of likely N-dealkylation sites (N-methyl/N-ethyl adjacent to an activating group) is 1. The molecule has 0 saturated heterocycles. The van der Waals surface area contributed by atoms with Gasteiger partial charge in [0.1, 0.15) is 5.82 Å². The van der Waals surface area contributed by atoms with Gasteiger partial charge in [-0.05, 0) is 37.1 Å². The van der Waals surface area contributed by atoms with Crippen molar-refractivity contribution in [2.45, 2.75) is 20.4 Å². The maximum atomic E-state index is 12.3. The van der Waals surface area contributed by atoms with E-state index in [2.05, 4.69) is 10.3 Å². The van der Waals surface area contributed by atoms with E-state index >= 15 is 0 Å². The van der Waals surface area contributed by atoms with Gasteiger partial charge in [0.15, 0.2) is 0 Å². The molecule has 0 bridgehead atoms. The molecule has 0 saturated carbocycles. The largest absolute Gasteiger partial charge is 0.330 e.